The number of aromatic nitrogens is 1. The third kappa shape index (κ3) is 9.59. The zero-order valence-corrected chi connectivity index (χ0v) is 28.3. The van der Waals surface area contributed by atoms with E-state index in [1.807, 2.05) is 0 Å². The van der Waals surface area contributed by atoms with E-state index < -0.39 is 59.5 Å². The van der Waals surface area contributed by atoms with Gasteiger partial charge in [0.05, 0.1) is 36.2 Å². The number of pyridine rings is 1. The summed E-state index contributed by atoms with van der Waals surface area (Å²) in [7, 11) is 1.28. The molecule has 9 nitrogen and oxygen atoms in total. The largest absolute Gasteiger partial charge is 0.493 e. The van der Waals surface area contributed by atoms with Gasteiger partial charge in [-0.15, -0.1) is 0 Å². The van der Waals surface area contributed by atoms with E-state index in [2.05, 4.69) is 10.3 Å². The minimum atomic E-state index is -5.40. The van der Waals surface area contributed by atoms with Gasteiger partial charge in [-0.1, -0.05) is 42.5 Å². The first-order valence-corrected chi connectivity index (χ1v) is 15.8. The van der Waals surface area contributed by atoms with Crippen molar-refractivity contribution < 1.29 is 60.4 Å². The summed E-state index contributed by atoms with van der Waals surface area (Å²) in [6, 6.07) is 18.2. The Bertz CT molecular complexity index is 1850. The third-order valence-electron chi connectivity index (χ3n) is 8.12. The molecule has 0 aliphatic rings. The standard InChI is InChI=1S/C37H36F6N2O7/c1-34(2,45-33(48)52-22-23-7-5-4-6-8-23)27-20-28(24-9-12-26(13-10-24)36(38,39)40)44-32(21-27)35(49,37(41,42)43)16-15-29(47)25-11-14-30(51-18-17-46)31(19-25)50-3/h4-14,19-21,46,49H,15-18,22H2,1-3H3,(H,45,48). The van der Waals surface area contributed by atoms with E-state index in [0.717, 1.165) is 30.3 Å². The summed E-state index contributed by atoms with van der Waals surface area (Å²) in [4.78, 5) is 30.0. The summed E-state index contributed by atoms with van der Waals surface area (Å²) >= 11 is 0. The Labute approximate surface area is 295 Å². The molecular formula is C37H36F6N2O7. The van der Waals surface area contributed by atoms with Crippen LogP contribution in [0.1, 0.15) is 59.4 Å². The molecule has 1 amide bonds. The molecule has 0 bridgehead atoms. The first-order valence-electron chi connectivity index (χ1n) is 15.8. The molecule has 1 unspecified atom stereocenters. The summed E-state index contributed by atoms with van der Waals surface area (Å²) in [6.07, 6.45) is -13.0. The van der Waals surface area contributed by atoms with Gasteiger partial charge in [0.25, 0.3) is 0 Å². The quantitative estimate of drug-likeness (QED) is 0.0888. The number of Topliss-reactive ketones (excluding diaryl/α,β-unsaturated/α-hetero) is 1. The van der Waals surface area contributed by atoms with Crippen molar-refractivity contribution in [1.82, 2.24) is 10.3 Å². The predicted octanol–water partition coefficient (Wildman–Crippen LogP) is 7.72. The second kappa shape index (κ2) is 16.0. The van der Waals surface area contributed by atoms with Crippen molar-refractivity contribution in [2.75, 3.05) is 20.3 Å². The zero-order valence-electron chi connectivity index (χ0n) is 28.3. The highest BCUT2D eigenvalue weighted by molar-refractivity contribution is 5.96. The van der Waals surface area contributed by atoms with Crippen LogP contribution in [-0.2, 0) is 28.7 Å². The number of rotatable bonds is 14. The van der Waals surface area contributed by atoms with Crippen LogP contribution in [0.3, 0.4) is 0 Å². The van der Waals surface area contributed by atoms with E-state index in [0.29, 0.717) is 5.56 Å². The molecular weight excluding hydrogens is 698 g/mol. The molecule has 1 heterocycles. The number of benzene rings is 3. The highest BCUT2D eigenvalue weighted by Gasteiger charge is 2.56. The van der Waals surface area contributed by atoms with Crippen LogP contribution in [0.25, 0.3) is 11.3 Å². The fraction of sp³-hybridized carbons (Fsp3) is 0.324. The van der Waals surface area contributed by atoms with Gasteiger partial charge < -0.3 is 29.7 Å². The number of hydrogen-bond donors (Lipinski definition) is 3. The number of carbonyl (C=O) groups is 2. The first kappa shape index (κ1) is 39.6. The number of halogens is 6. The molecule has 15 heteroatoms. The molecule has 278 valence electrons. The summed E-state index contributed by atoms with van der Waals surface area (Å²) in [6.45, 7) is 2.40. The first-order chi connectivity index (χ1) is 24.4. The average Bonchev–Trinajstić information content (AvgIpc) is 3.11. The van der Waals surface area contributed by atoms with E-state index >= 15 is 0 Å². The van der Waals surface area contributed by atoms with Gasteiger partial charge >= 0.3 is 18.4 Å². The highest BCUT2D eigenvalue weighted by Crippen LogP contribution is 2.44. The molecule has 52 heavy (non-hydrogen) atoms. The molecule has 0 spiro atoms. The number of nitrogens with zero attached hydrogens (tertiary/aromatic N) is 1. The molecule has 3 aromatic carbocycles. The second-order valence-corrected chi connectivity index (χ2v) is 12.2. The number of aliphatic hydroxyl groups excluding tert-OH is 1. The van der Waals surface area contributed by atoms with E-state index in [1.54, 1.807) is 30.3 Å². The maximum absolute atomic E-state index is 14.9. The number of aliphatic hydroxyl groups is 2. The fourth-order valence-electron chi connectivity index (χ4n) is 5.14. The summed E-state index contributed by atoms with van der Waals surface area (Å²) in [5.41, 5.74) is -6.85. The van der Waals surface area contributed by atoms with Crippen LogP contribution in [0.2, 0.25) is 0 Å². The van der Waals surface area contributed by atoms with Crippen LogP contribution in [0.15, 0.2) is 84.9 Å². The van der Waals surface area contributed by atoms with Crippen molar-refractivity contribution in [2.45, 2.75) is 56.8 Å². The lowest BCUT2D eigenvalue weighted by Gasteiger charge is -2.33. The minimum Gasteiger partial charge on any atom is -0.493 e. The van der Waals surface area contributed by atoms with Crippen LogP contribution in [0.5, 0.6) is 11.5 Å². The number of ketones is 1. The van der Waals surface area contributed by atoms with Crippen LogP contribution < -0.4 is 14.8 Å². The van der Waals surface area contributed by atoms with Crippen LogP contribution in [0, 0.1) is 0 Å². The van der Waals surface area contributed by atoms with Gasteiger partial charge in [0.1, 0.15) is 13.2 Å². The van der Waals surface area contributed by atoms with Crippen molar-refractivity contribution in [1.29, 1.82) is 0 Å². The van der Waals surface area contributed by atoms with Crippen LogP contribution in [0.4, 0.5) is 31.1 Å². The van der Waals surface area contributed by atoms with Gasteiger partial charge in [-0.3, -0.25) is 4.79 Å². The van der Waals surface area contributed by atoms with E-state index in [9.17, 15) is 41.0 Å². The number of alkyl carbamates (subject to hydrolysis) is 1. The molecule has 0 aliphatic heterocycles. The maximum Gasteiger partial charge on any atom is 0.422 e. The average molecular weight is 735 g/mol. The highest BCUT2D eigenvalue weighted by atomic mass is 19.4. The van der Waals surface area contributed by atoms with Gasteiger partial charge in [0.15, 0.2) is 17.3 Å². The lowest BCUT2D eigenvalue weighted by molar-refractivity contribution is -0.270. The molecule has 0 aliphatic carbocycles. The van der Waals surface area contributed by atoms with E-state index in [1.165, 1.54) is 45.2 Å². The molecule has 3 N–H and O–H groups in total. The Balaban J connectivity index is 1.72. The number of methoxy groups -OCH3 is 1. The molecule has 4 aromatic rings. The summed E-state index contributed by atoms with van der Waals surface area (Å²) < 4.78 is 100. The van der Waals surface area contributed by atoms with Gasteiger partial charge in [0.2, 0.25) is 5.60 Å². The monoisotopic (exact) mass is 734 g/mol. The Hall–Kier alpha value is -5.15. The van der Waals surface area contributed by atoms with Crippen molar-refractivity contribution in [3.8, 4) is 22.8 Å². The summed E-state index contributed by atoms with van der Waals surface area (Å²) in [5.74, 6) is -0.535. The third-order valence-corrected chi connectivity index (χ3v) is 8.12. The predicted molar refractivity (Wildman–Crippen MR) is 177 cm³/mol. The van der Waals surface area contributed by atoms with Crippen LogP contribution in [-0.4, -0.2) is 53.6 Å². The number of amides is 1. The number of ether oxygens (including phenoxy) is 3. The van der Waals surface area contributed by atoms with Gasteiger partial charge in [-0.05, 0) is 73.9 Å². The smallest absolute Gasteiger partial charge is 0.422 e. The molecule has 0 radical (unpaired) electrons. The van der Waals surface area contributed by atoms with Crippen molar-refractivity contribution in [3.63, 3.8) is 0 Å². The van der Waals surface area contributed by atoms with Crippen molar-refractivity contribution in [2.24, 2.45) is 0 Å². The SMILES string of the molecule is COc1cc(C(=O)CCC(O)(c2cc(C(C)(C)NC(=O)OCc3ccccc3)cc(-c3ccc(C(F)(F)F)cc3)n2)C(F)(F)F)ccc1OCCO. The number of nitrogens with one attached hydrogen (secondary N) is 1. The van der Waals surface area contributed by atoms with Gasteiger partial charge in [0, 0.05) is 17.5 Å². The molecule has 0 saturated heterocycles. The molecule has 1 aromatic heterocycles. The molecule has 4 rings (SSSR count). The summed E-state index contributed by atoms with van der Waals surface area (Å²) in [5, 5.41) is 23.0. The molecule has 1 atom stereocenters. The van der Waals surface area contributed by atoms with Gasteiger partial charge in [-0.2, -0.15) is 26.3 Å². The molecule has 0 fully saturated rings. The topological polar surface area (TPSA) is 127 Å². The zero-order chi connectivity index (χ0) is 38.3. The number of carbonyl (C=O) groups excluding carboxylic acids is 2. The van der Waals surface area contributed by atoms with Crippen LogP contribution >= 0.6 is 0 Å². The van der Waals surface area contributed by atoms with Gasteiger partial charge in [-0.25, -0.2) is 9.78 Å². The Morgan fingerprint density at radius 1 is 0.846 bits per heavy atom. The number of alkyl halides is 6. The Kier molecular flexibility index (Phi) is 12.2. The van der Waals surface area contributed by atoms with Crippen molar-refractivity contribution >= 4 is 11.9 Å². The second-order valence-electron chi connectivity index (χ2n) is 12.2. The lowest BCUT2D eigenvalue weighted by Crippen LogP contribution is -2.45. The van der Waals surface area contributed by atoms with Crippen molar-refractivity contribution in [3.05, 3.63) is 113 Å². The normalized spacial score (nSPS) is 13.2. The minimum absolute atomic E-state index is 0.0127. The number of hydrogen-bond acceptors (Lipinski definition) is 8. The molecule has 0 saturated carbocycles. The maximum atomic E-state index is 14.9. The lowest BCUT2D eigenvalue weighted by atomic mass is 9.86. The Morgan fingerprint density at radius 2 is 1.52 bits per heavy atom. The van der Waals surface area contributed by atoms with E-state index in [4.69, 9.17) is 19.3 Å². The fourth-order valence-corrected chi connectivity index (χ4v) is 5.14. The Morgan fingerprint density at radius 3 is 2.12 bits per heavy atom. The van der Waals surface area contributed by atoms with E-state index in [-0.39, 0.29) is 53.7 Å².